The molecule has 1 atom stereocenters. The molecule has 1 unspecified atom stereocenters. The van der Waals surface area contributed by atoms with E-state index in [-0.39, 0.29) is 6.61 Å². The standard InChI is InChI=1S/C12H16ClNO4/c1-4-18-12(15)11(14)7-5-8(13)10(17-3)6-9(7)16-2/h5-6,11H,4,14H2,1-3H3. The molecule has 0 amide bonds. The van der Waals surface area contributed by atoms with E-state index in [0.29, 0.717) is 22.1 Å². The largest absolute Gasteiger partial charge is 0.496 e. The van der Waals surface area contributed by atoms with E-state index < -0.39 is 12.0 Å². The SMILES string of the molecule is CCOC(=O)C(N)c1cc(Cl)c(OC)cc1OC. The number of hydrogen-bond acceptors (Lipinski definition) is 5. The molecule has 18 heavy (non-hydrogen) atoms. The predicted octanol–water partition coefficient (Wildman–Crippen LogP) is 1.92. The molecule has 0 spiro atoms. The summed E-state index contributed by atoms with van der Waals surface area (Å²) < 4.78 is 15.1. The van der Waals surface area contributed by atoms with Gasteiger partial charge < -0.3 is 19.9 Å². The van der Waals surface area contributed by atoms with Crippen LogP contribution in [-0.4, -0.2) is 26.8 Å². The van der Waals surface area contributed by atoms with Crippen molar-refractivity contribution in [3.63, 3.8) is 0 Å². The molecule has 0 aliphatic carbocycles. The molecule has 0 aliphatic heterocycles. The van der Waals surface area contributed by atoms with Crippen LogP contribution in [0.5, 0.6) is 11.5 Å². The Hall–Kier alpha value is -1.46. The lowest BCUT2D eigenvalue weighted by atomic mass is 10.1. The van der Waals surface area contributed by atoms with Crippen LogP contribution in [0.25, 0.3) is 0 Å². The van der Waals surface area contributed by atoms with Crippen molar-refractivity contribution in [1.82, 2.24) is 0 Å². The zero-order chi connectivity index (χ0) is 13.7. The predicted molar refractivity (Wildman–Crippen MR) is 68.1 cm³/mol. The van der Waals surface area contributed by atoms with Crippen LogP contribution in [0.1, 0.15) is 18.5 Å². The van der Waals surface area contributed by atoms with Crippen molar-refractivity contribution in [2.24, 2.45) is 5.73 Å². The fourth-order valence-corrected chi connectivity index (χ4v) is 1.73. The minimum absolute atomic E-state index is 0.263. The van der Waals surface area contributed by atoms with Crippen molar-refractivity contribution < 1.29 is 19.0 Å². The van der Waals surface area contributed by atoms with Gasteiger partial charge in [0.25, 0.3) is 0 Å². The summed E-state index contributed by atoms with van der Waals surface area (Å²) in [6.45, 7) is 1.97. The van der Waals surface area contributed by atoms with Crippen LogP contribution in [0.15, 0.2) is 12.1 Å². The minimum Gasteiger partial charge on any atom is -0.496 e. The summed E-state index contributed by atoms with van der Waals surface area (Å²) in [5.74, 6) is 0.349. The summed E-state index contributed by atoms with van der Waals surface area (Å²) in [6, 6.07) is 2.18. The van der Waals surface area contributed by atoms with Crippen LogP contribution in [0.4, 0.5) is 0 Å². The molecular weight excluding hydrogens is 258 g/mol. The molecule has 0 saturated heterocycles. The van der Waals surface area contributed by atoms with Gasteiger partial charge in [0, 0.05) is 11.6 Å². The maximum absolute atomic E-state index is 11.6. The molecule has 0 bridgehead atoms. The number of methoxy groups -OCH3 is 2. The first-order valence-electron chi connectivity index (χ1n) is 5.38. The summed E-state index contributed by atoms with van der Waals surface area (Å²) in [5, 5.41) is 0.355. The summed E-state index contributed by atoms with van der Waals surface area (Å²) in [4.78, 5) is 11.6. The Morgan fingerprint density at radius 3 is 2.44 bits per heavy atom. The molecular formula is C12H16ClNO4. The smallest absolute Gasteiger partial charge is 0.327 e. The maximum atomic E-state index is 11.6. The molecule has 2 N–H and O–H groups in total. The summed E-state index contributed by atoms with van der Waals surface area (Å²) in [6.07, 6.45) is 0. The molecule has 100 valence electrons. The second-order valence-electron chi connectivity index (χ2n) is 3.46. The zero-order valence-electron chi connectivity index (χ0n) is 10.5. The van der Waals surface area contributed by atoms with Gasteiger partial charge in [-0.1, -0.05) is 11.6 Å². The number of hydrogen-bond donors (Lipinski definition) is 1. The van der Waals surface area contributed by atoms with Crippen LogP contribution in [0.2, 0.25) is 5.02 Å². The Balaban J connectivity index is 3.14. The average molecular weight is 274 g/mol. The van der Waals surface area contributed by atoms with E-state index in [1.54, 1.807) is 19.1 Å². The van der Waals surface area contributed by atoms with E-state index in [2.05, 4.69) is 0 Å². The van der Waals surface area contributed by atoms with E-state index in [1.165, 1.54) is 14.2 Å². The van der Waals surface area contributed by atoms with Gasteiger partial charge in [-0.2, -0.15) is 0 Å². The lowest BCUT2D eigenvalue weighted by Crippen LogP contribution is -2.24. The molecule has 1 aromatic rings. The normalized spacial score (nSPS) is 11.8. The highest BCUT2D eigenvalue weighted by Crippen LogP contribution is 2.35. The monoisotopic (exact) mass is 273 g/mol. The van der Waals surface area contributed by atoms with Crippen molar-refractivity contribution in [3.8, 4) is 11.5 Å². The highest BCUT2D eigenvalue weighted by Gasteiger charge is 2.22. The zero-order valence-corrected chi connectivity index (χ0v) is 11.3. The van der Waals surface area contributed by atoms with Gasteiger partial charge in [0.05, 0.1) is 25.8 Å². The first kappa shape index (κ1) is 14.6. The van der Waals surface area contributed by atoms with Crippen LogP contribution < -0.4 is 15.2 Å². The van der Waals surface area contributed by atoms with Gasteiger partial charge in [0.2, 0.25) is 0 Å². The van der Waals surface area contributed by atoms with E-state index >= 15 is 0 Å². The second-order valence-corrected chi connectivity index (χ2v) is 3.87. The van der Waals surface area contributed by atoms with Crippen LogP contribution in [0, 0.1) is 0 Å². The molecule has 0 aliphatic rings. The van der Waals surface area contributed by atoms with E-state index in [4.69, 9.17) is 31.5 Å². The lowest BCUT2D eigenvalue weighted by molar-refractivity contribution is -0.144. The number of benzene rings is 1. The quantitative estimate of drug-likeness (QED) is 0.830. The third-order valence-corrected chi connectivity index (χ3v) is 2.68. The second kappa shape index (κ2) is 6.47. The van der Waals surface area contributed by atoms with Crippen LogP contribution in [-0.2, 0) is 9.53 Å². The first-order valence-corrected chi connectivity index (χ1v) is 5.76. The third kappa shape index (κ3) is 3.05. The number of esters is 1. The topological polar surface area (TPSA) is 70.8 Å². The molecule has 0 radical (unpaired) electrons. The molecule has 0 fully saturated rings. The van der Waals surface area contributed by atoms with Gasteiger partial charge in [-0.3, -0.25) is 0 Å². The number of ether oxygens (including phenoxy) is 3. The number of carbonyl (C=O) groups excluding carboxylic acids is 1. The number of nitrogens with two attached hydrogens (primary N) is 1. The Labute approximate surface area is 111 Å². The fraction of sp³-hybridized carbons (Fsp3) is 0.417. The molecule has 1 aromatic carbocycles. The van der Waals surface area contributed by atoms with Gasteiger partial charge in [0.1, 0.15) is 17.5 Å². The fourth-order valence-electron chi connectivity index (χ4n) is 1.49. The average Bonchev–Trinajstić information content (AvgIpc) is 2.37. The van der Waals surface area contributed by atoms with Crippen LogP contribution >= 0.6 is 11.6 Å². The number of carbonyl (C=O) groups is 1. The van der Waals surface area contributed by atoms with Crippen molar-refractivity contribution >= 4 is 17.6 Å². The summed E-state index contributed by atoms with van der Waals surface area (Å²) in [5.41, 5.74) is 6.27. The van der Waals surface area contributed by atoms with Crippen molar-refractivity contribution in [1.29, 1.82) is 0 Å². The van der Waals surface area contributed by atoms with E-state index in [0.717, 1.165) is 0 Å². The number of rotatable bonds is 5. The summed E-state index contributed by atoms with van der Waals surface area (Å²) >= 11 is 6.00. The Morgan fingerprint density at radius 1 is 1.33 bits per heavy atom. The Kier molecular flexibility index (Phi) is 5.25. The van der Waals surface area contributed by atoms with Crippen molar-refractivity contribution in [2.75, 3.05) is 20.8 Å². The highest BCUT2D eigenvalue weighted by atomic mass is 35.5. The molecule has 0 saturated carbocycles. The maximum Gasteiger partial charge on any atom is 0.327 e. The minimum atomic E-state index is -0.941. The Bertz CT molecular complexity index is 436. The number of halogens is 1. The third-order valence-electron chi connectivity index (χ3n) is 2.38. The lowest BCUT2D eigenvalue weighted by Gasteiger charge is -2.16. The Morgan fingerprint density at radius 2 is 1.94 bits per heavy atom. The van der Waals surface area contributed by atoms with Crippen molar-refractivity contribution in [3.05, 3.63) is 22.7 Å². The van der Waals surface area contributed by atoms with Crippen LogP contribution in [0.3, 0.4) is 0 Å². The molecule has 6 heteroatoms. The van der Waals surface area contributed by atoms with Crippen molar-refractivity contribution in [2.45, 2.75) is 13.0 Å². The van der Waals surface area contributed by atoms with Gasteiger partial charge in [-0.15, -0.1) is 0 Å². The molecule has 0 heterocycles. The molecule has 1 rings (SSSR count). The molecule has 0 aromatic heterocycles. The van der Waals surface area contributed by atoms with Gasteiger partial charge in [0.15, 0.2) is 0 Å². The van der Waals surface area contributed by atoms with Gasteiger partial charge in [-0.05, 0) is 13.0 Å². The summed E-state index contributed by atoms with van der Waals surface area (Å²) in [7, 11) is 2.97. The van der Waals surface area contributed by atoms with Gasteiger partial charge >= 0.3 is 5.97 Å². The first-order chi connectivity index (χ1) is 8.54. The molecule has 5 nitrogen and oxygen atoms in total. The van der Waals surface area contributed by atoms with E-state index in [1.807, 2.05) is 0 Å². The van der Waals surface area contributed by atoms with Gasteiger partial charge in [-0.25, -0.2) is 4.79 Å². The van der Waals surface area contributed by atoms with E-state index in [9.17, 15) is 4.79 Å². The highest BCUT2D eigenvalue weighted by molar-refractivity contribution is 6.32.